The van der Waals surface area contributed by atoms with E-state index in [0.29, 0.717) is 18.4 Å². The molecular formula is C16H11ClFNO3. The lowest BCUT2D eigenvalue weighted by Crippen LogP contribution is -2.21. The molecule has 0 aliphatic heterocycles. The predicted molar refractivity (Wildman–Crippen MR) is 79.9 cm³/mol. The van der Waals surface area contributed by atoms with E-state index in [0.717, 1.165) is 11.6 Å². The van der Waals surface area contributed by atoms with Crippen LogP contribution in [0.1, 0.15) is 33.8 Å². The van der Waals surface area contributed by atoms with Gasteiger partial charge in [-0.2, -0.15) is 0 Å². The van der Waals surface area contributed by atoms with Gasteiger partial charge < -0.3 is 0 Å². The van der Waals surface area contributed by atoms with Gasteiger partial charge in [-0.25, -0.2) is 4.39 Å². The van der Waals surface area contributed by atoms with Crippen LogP contribution in [0.5, 0.6) is 0 Å². The van der Waals surface area contributed by atoms with Crippen LogP contribution in [0.25, 0.3) is 0 Å². The number of hydrogen-bond acceptors (Lipinski definition) is 3. The second-order valence-corrected chi connectivity index (χ2v) is 5.60. The van der Waals surface area contributed by atoms with E-state index in [1.807, 2.05) is 12.1 Å². The van der Waals surface area contributed by atoms with Gasteiger partial charge in [0.05, 0.1) is 16.9 Å². The molecule has 2 aromatic rings. The number of nitro groups is 1. The lowest BCUT2D eigenvalue weighted by molar-refractivity contribution is -0.384. The van der Waals surface area contributed by atoms with Gasteiger partial charge in [-0.3, -0.25) is 14.9 Å². The highest BCUT2D eigenvalue weighted by Gasteiger charge is 2.31. The van der Waals surface area contributed by atoms with Crippen LogP contribution in [-0.4, -0.2) is 10.7 Å². The average molecular weight is 320 g/mol. The fourth-order valence-electron chi connectivity index (χ4n) is 2.85. The van der Waals surface area contributed by atoms with Crippen molar-refractivity contribution in [2.45, 2.75) is 18.8 Å². The highest BCUT2D eigenvalue weighted by atomic mass is 35.5. The van der Waals surface area contributed by atoms with Crippen molar-refractivity contribution in [3.05, 3.63) is 74.0 Å². The maximum absolute atomic E-state index is 14.2. The lowest BCUT2D eigenvalue weighted by atomic mass is 9.79. The highest BCUT2D eigenvalue weighted by Crippen LogP contribution is 2.37. The number of nitro benzene ring substituents is 1. The molecule has 112 valence electrons. The number of nitrogens with zero attached hydrogens (tertiary/aromatic N) is 1. The summed E-state index contributed by atoms with van der Waals surface area (Å²) in [6.07, 6.45) is 1.11. The molecule has 0 radical (unpaired) electrons. The zero-order valence-electron chi connectivity index (χ0n) is 11.4. The second-order valence-electron chi connectivity index (χ2n) is 5.19. The Balaban J connectivity index is 2.04. The SMILES string of the molecule is O=C1c2ccccc2CCC1c1cc(Cl)c([N+](=O)[O-])cc1F. The van der Waals surface area contributed by atoms with E-state index in [9.17, 15) is 19.3 Å². The molecule has 0 amide bonds. The topological polar surface area (TPSA) is 60.2 Å². The van der Waals surface area contributed by atoms with Crippen LogP contribution in [0.2, 0.25) is 5.02 Å². The molecule has 0 saturated heterocycles. The fraction of sp³-hybridized carbons (Fsp3) is 0.188. The Kier molecular flexibility index (Phi) is 3.66. The summed E-state index contributed by atoms with van der Waals surface area (Å²) in [6, 6.07) is 9.20. The number of hydrogen-bond donors (Lipinski definition) is 0. The largest absolute Gasteiger partial charge is 0.293 e. The summed E-state index contributed by atoms with van der Waals surface area (Å²) in [7, 11) is 0. The summed E-state index contributed by atoms with van der Waals surface area (Å²) in [5, 5.41) is 10.6. The minimum Gasteiger partial charge on any atom is -0.293 e. The number of fused-ring (bicyclic) bond motifs is 1. The van der Waals surface area contributed by atoms with Crippen LogP contribution in [0, 0.1) is 15.9 Å². The van der Waals surface area contributed by atoms with E-state index >= 15 is 0 Å². The predicted octanol–water partition coefficient (Wildman–Crippen LogP) is 4.30. The summed E-state index contributed by atoms with van der Waals surface area (Å²) in [6.45, 7) is 0. The number of carbonyl (C=O) groups is 1. The van der Waals surface area contributed by atoms with Gasteiger partial charge in [0.1, 0.15) is 10.8 Å². The molecule has 1 aliphatic carbocycles. The van der Waals surface area contributed by atoms with Crippen molar-refractivity contribution in [2.75, 3.05) is 0 Å². The highest BCUT2D eigenvalue weighted by molar-refractivity contribution is 6.32. The van der Waals surface area contributed by atoms with Crippen molar-refractivity contribution in [1.82, 2.24) is 0 Å². The van der Waals surface area contributed by atoms with Crippen LogP contribution in [0.4, 0.5) is 10.1 Å². The molecule has 0 aromatic heterocycles. The molecule has 0 fully saturated rings. The Morgan fingerprint density at radius 3 is 2.73 bits per heavy atom. The first-order valence-electron chi connectivity index (χ1n) is 6.74. The summed E-state index contributed by atoms with van der Waals surface area (Å²) in [5.74, 6) is -1.60. The van der Waals surface area contributed by atoms with Gasteiger partial charge in [0.2, 0.25) is 0 Å². The van der Waals surface area contributed by atoms with Crippen molar-refractivity contribution in [3.63, 3.8) is 0 Å². The molecular weight excluding hydrogens is 309 g/mol. The zero-order chi connectivity index (χ0) is 15.9. The summed E-state index contributed by atoms with van der Waals surface area (Å²) in [4.78, 5) is 22.6. The number of benzene rings is 2. The summed E-state index contributed by atoms with van der Waals surface area (Å²) in [5.41, 5.74) is 1.14. The minimum absolute atomic E-state index is 0.120. The third-order valence-corrected chi connectivity index (χ3v) is 4.24. The van der Waals surface area contributed by atoms with E-state index < -0.39 is 22.3 Å². The summed E-state index contributed by atoms with van der Waals surface area (Å²) < 4.78 is 14.2. The van der Waals surface area contributed by atoms with Gasteiger partial charge in [-0.05, 0) is 24.5 Å². The van der Waals surface area contributed by atoms with Gasteiger partial charge in [0, 0.05) is 11.1 Å². The van der Waals surface area contributed by atoms with Gasteiger partial charge in [0.25, 0.3) is 5.69 Å². The smallest absolute Gasteiger partial charge is 0.290 e. The number of Topliss-reactive ketones (excluding diaryl/α,β-unsaturated/α-hetero) is 1. The van der Waals surface area contributed by atoms with E-state index in [4.69, 9.17) is 11.6 Å². The number of aryl methyl sites for hydroxylation is 1. The van der Waals surface area contributed by atoms with E-state index in [1.54, 1.807) is 12.1 Å². The minimum atomic E-state index is -0.770. The first-order valence-corrected chi connectivity index (χ1v) is 7.12. The van der Waals surface area contributed by atoms with Crippen LogP contribution >= 0.6 is 11.6 Å². The number of rotatable bonds is 2. The molecule has 0 N–H and O–H groups in total. The van der Waals surface area contributed by atoms with Crippen molar-refractivity contribution < 1.29 is 14.1 Å². The Morgan fingerprint density at radius 2 is 2.00 bits per heavy atom. The molecule has 0 heterocycles. The number of halogens is 2. The van der Waals surface area contributed by atoms with E-state index in [-0.39, 0.29) is 16.4 Å². The van der Waals surface area contributed by atoms with E-state index in [2.05, 4.69) is 0 Å². The maximum atomic E-state index is 14.2. The molecule has 1 aliphatic rings. The molecule has 2 aromatic carbocycles. The Hall–Kier alpha value is -2.27. The Morgan fingerprint density at radius 1 is 1.27 bits per heavy atom. The van der Waals surface area contributed by atoms with Crippen molar-refractivity contribution in [3.8, 4) is 0 Å². The molecule has 0 saturated carbocycles. The maximum Gasteiger partial charge on any atom is 0.290 e. The summed E-state index contributed by atoms with van der Waals surface area (Å²) >= 11 is 5.84. The molecule has 1 atom stereocenters. The standard InChI is InChI=1S/C16H11ClFNO3/c17-13-7-12(14(18)8-15(13)19(21)22)11-6-5-9-3-1-2-4-10(9)16(11)20/h1-4,7-8,11H,5-6H2. The van der Waals surface area contributed by atoms with Crippen LogP contribution in [0.3, 0.4) is 0 Å². The van der Waals surface area contributed by atoms with Gasteiger partial charge in [0.15, 0.2) is 5.78 Å². The van der Waals surface area contributed by atoms with Crippen LogP contribution in [-0.2, 0) is 6.42 Å². The van der Waals surface area contributed by atoms with Gasteiger partial charge in [-0.15, -0.1) is 0 Å². The Bertz CT molecular complexity index is 791. The Labute approximate surface area is 130 Å². The van der Waals surface area contributed by atoms with Gasteiger partial charge >= 0.3 is 0 Å². The van der Waals surface area contributed by atoms with Crippen LogP contribution < -0.4 is 0 Å². The lowest BCUT2D eigenvalue weighted by Gasteiger charge is -2.24. The molecule has 6 heteroatoms. The number of ketones is 1. The van der Waals surface area contributed by atoms with Crippen molar-refractivity contribution in [1.29, 1.82) is 0 Å². The quantitative estimate of drug-likeness (QED) is 0.612. The van der Waals surface area contributed by atoms with Crippen molar-refractivity contribution in [2.24, 2.45) is 0 Å². The normalized spacial score (nSPS) is 17.2. The second kappa shape index (κ2) is 5.50. The third-order valence-electron chi connectivity index (χ3n) is 3.94. The van der Waals surface area contributed by atoms with Gasteiger partial charge in [-0.1, -0.05) is 35.9 Å². The molecule has 0 spiro atoms. The van der Waals surface area contributed by atoms with Crippen LogP contribution in [0.15, 0.2) is 36.4 Å². The molecule has 1 unspecified atom stereocenters. The fourth-order valence-corrected chi connectivity index (χ4v) is 3.09. The monoisotopic (exact) mass is 319 g/mol. The van der Waals surface area contributed by atoms with E-state index in [1.165, 1.54) is 6.07 Å². The number of carbonyl (C=O) groups excluding carboxylic acids is 1. The van der Waals surface area contributed by atoms with Crippen molar-refractivity contribution >= 4 is 23.1 Å². The first-order chi connectivity index (χ1) is 10.5. The third kappa shape index (κ3) is 2.37. The molecule has 4 nitrogen and oxygen atoms in total. The molecule has 0 bridgehead atoms. The zero-order valence-corrected chi connectivity index (χ0v) is 12.1. The average Bonchev–Trinajstić information content (AvgIpc) is 2.50. The molecule has 3 rings (SSSR count). The molecule has 22 heavy (non-hydrogen) atoms. The first kappa shape index (κ1) is 14.7.